The average molecular weight is 191 g/mol. The van der Waals surface area contributed by atoms with E-state index in [1.54, 1.807) is 6.26 Å². The standard InChI is InChI=1S/C12H17NO/c1-4-6-7-12(13-5-2)11-8-10(3)14-9-11/h1,8-9,12-13H,5-7H2,2-3H3. The fourth-order valence-electron chi connectivity index (χ4n) is 1.51. The van der Waals surface area contributed by atoms with Crippen LogP contribution in [0.2, 0.25) is 0 Å². The van der Waals surface area contributed by atoms with E-state index in [1.807, 2.05) is 6.92 Å². The van der Waals surface area contributed by atoms with E-state index in [4.69, 9.17) is 10.8 Å². The van der Waals surface area contributed by atoms with Gasteiger partial charge in [-0.1, -0.05) is 6.92 Å². The molecule has 14 heavy (non-hydrogen) atoms. The van der Waals surface area contributed by atoms with Gasteiger partial charge in [-0.2, -0.15) is 0 Å². The second kappa shape index (κ2) is 5.51. The molecule has 0 fully saturated rings. The largest absolute Gasteiger partial charge is 0.469 e. The predicted molar refractivity (Wildman–Crippen MR) is 57.9 cm³/mol. The maximum atomic E-state index is 5.28. The van der Waals surface area contributed by atoms with Gasteiger partial charge in [0.1, 0.15) is 5.76 Å². The molecular formula is C12H17NO. The van der Waals surface area contributed by atoms with Crippen LogP contribution in [-0.2, 0) is 0 Å². The Morgan fingerprint density at radius 1 is 1.64 bits per heavy atom. The SMILES string of the molecule is C#CCCC(NCC)c1coc(C)c1. The lowest BCUT2D eigenvalue weighted by Gasteiger charge is -2.14. The molecular weight excluding hydrogens is 174 g/mol. The Balaban J connectivity index is 2.63. The highest BCUT2D eigenvalue weighted by Gasteiger charge is 2.11. The highest BCUT2D eigenvalue weighted by molar-refractivity contribution is 5.16. The fraction of sp³-hybridized carbons (Fsp3) is 0.500. The Hall–Kier alpha value is -1.20. The van der Waals surface area contributed by atoms with Gasteiger partial charge >= 0.3 is 0 Å². The van der Waals surface area contributed by atoms with Gasteiger partial charge in [0, 0.05) is 18.0 Å². The maximum Gasteiger partial charge on any atom is 0.101 e. The van der Waals surface area contributed by atoms with Crippen molar-refractivity contribution in [2.45, 2.75) is 32.7 Å². The third-order valence-electron chi connectivity index (χ3n) is 2.18. The number of furan rings is 1. The minimum atomic E-state index is 0.327. The zero-order chi connectivity index (χ0) is 10.4. The number of nitrogens with one attached hydrogen (secondary N) is 1. The highest BCUT2D eigenvalue weighted by Crippen LogP contribution is 2.20. The van der Waals surface area contributed by atoms with E-state index in [-0.39, 0.29) is 0 Å². The fourth-order valence-corrected chi connectivity index (χ4v) is 1.51. The molecule has 0 saturated heterocycles. The molecule has 1 unspecified atom stereocenters. The quantitative estimate of drug-likeness (QED) is 0.724. The molecule has 0 aromatic carbocycles. The summed E-state index contributed by atoms with van der Waals surface area (Å²) in [5.74, 6) is 3.61. The van der Waals surface area contributed by atoms with E-state index in [9.17, 15) is 0 Å². The molecule has 0 aliphatic heterocycles. The number of terminal acetylenes is 1. The molecule has 1 atom stereocenters. The monoisotopic (exact) mass is 191 g/mol. The average Bonchev–Trinajstić information content (AvgIpc) is 2.59. The number of hydrogen-bond donors (Lipinski definition) is 1. The molecule has 1 N–H and O–H groups in total. The summed E-state index contributed by atoms with van der Waals surface area (Å²) in [7, 11) is 0. The predicted octanol–water partition coefficient (Wildman–Crippen LogP) is 2.65. The summed E-state index contributed by atoms with van der Waals surface area (Å²) >= 11 is 0. The first kappa shape index (κ1) is 10.9. The summed E-state index contributed by atoms with van der Waals surface area (Å²) in [6.07, 6.45) is 8.81. The van der Waals surface area contributed by atoms with Gasteiger partial charge in [0.05, 0.1) is 6.26 Å². The third kappa shape index (κ3) is 2.93. The summed E-state index contributed by atoms with van der Waals surface area (Å²) < 4.78 is 5.28. The highest BCUT2D eigenvalue weighted by atomic mass is 16.3. The first-order valence-electron chi connectivity index (χ1n) is 4.99. The molecule has 0 aliphatic rings. The maximum absolute atomic E-state index is 5.28. The van der Waals surface area contributed by atoms with Gasteiger partial charge in [0.2, 0.25) is 0 Å². The van der Waals surface area contributed by atoms with E-state index >= 15 is 0 Å². The summed E-state index contributed by atoms with van der Waals surface area (Å²) in [4.78, 5) is 0. The molecule has 0 bridgehead atoms. The zero-order valence-electron chi connectivity index (χ0n) is 8.84. The van der Waals surface area contributed by atoms with Crippen LogP contribution in [0.1, 0.15) is 37.1 Å². The van der Waals surface area contributed by atoms with Crippen LogP contribution in [0.3, 0.4) is 0 Å². The Kier molecular flexibility index (Phi) is 4.28. The van der Waals surface area contributed by atoms with E-state index in [0.29, 0.717) is 6.04 Å². The molecule has 2 nitrogen and oxygen atoms in total. The smallest absolute Gasteiger partial charge is 0.101 e. The zero-order valence-corrected chi connectivity index (χ0v) is 8.84. The van der Waals surface area contributed by atoms with Gasteiger partial charge in [-0.15, -0.1) is 12.3 Å². The van der Waals surface area contributed by atoms with Crippen LogP contribution in [0.4, 0.5) is 0 Å². The van der Waals surface area contributed by atoms with Crippen LogP contribution in [0.25, 0.3) is 0 Å². The molecule has 0 radical (unpaired) electrons. The van der Waals surface area contributed by atoms with Crippen molar-refractivity contribution in [1.29, 1.82) is 0 Å². The van der Waals surface area contributed by atoms with Crippen molar-refractivity contribution in [2.75, 3.05) is 6.54 Å². The van der Waals surface area contributed by atoms with Crippen molar-refractivity contribution in [1.82, 2.24) is 5.32 Å². The molecule has 1 aromatic heterocycles. The number of hydrogen-bond acceptors (Lipinski definition) is 2. The molecule has 0 spiro atoms. The molecule has 0 saturated carbocycles. The first-order chi connectivity index (χ1) is 6.77. The lowest BCUT2D eigenvalue weighted by molar-refractivity contribution is 0.499. The van der Waals surface area contributed by atoms with Crippen molar-refractivity contribution in [3.63, 3.8) is 0 Å². The Labute approximate surface area is 85.7 Å². The molecule has 1 rings (SSSR count). The van der Waals surface area contributed by atoms with Crippen LogP contribution in [0.15, 0.2) is 16.7 Å². The number of aryl methyl sites for hydroxylation is 1. The Morgan fingerprint density at radius 3 is 2.93 bits per heavy atom. The minimum absolute atomic E-state index is 0.327. The van der Waals surface area contributed by atoms with Gasteiger partial charge in [-0.3, -0.25) is 0 Å². The van der Waals surface area contributed by atoms with Gasteiger partial charge in [-0.05, 0) is 26.0 Å². The first-order valence-corrected chi connectivity index (χ1v) is 4.99. The molecule has 1 heterocycles. The van der Waals surface area contributed by atoms with Crippen molar-refractivity contribution >= 4 is 0 Å². The van der Waals surface area contributed by atoms with Crippen molar-refractivity contribution in [3.05, 3.63) is 23.7 Å². The molecule has 76 valence electrons. The van der Waals surface area contributed by atoms with E-state index < -0.39 is 0 Å². The van der Waals surface area contributed by atoms with Crippen molar-refractivity contribution in [3.8, 4) is 12.3 Å². The summed E-state index contributed by atoms with van der Waals surface area (Å²) in [5, 5.41) is 3.39. The third-order valence-corrected chi connectivity index (χ3v) is 2.18. The van der Waals surface area contributed by atoms with Crippen LogP contribution >= 0.6 is 0 Å². The molecule has 2 heteroatoms. The van der Waals surface area contributed by atoms with Gasteiger partial charge < -0.3 is 9.73 Å². The van der Waals surface area contributed by atoms with Gasteiger partial charge in [0.15, 0.2) is 0 Å². The van der Waals surface area contributed by atoms with E-state index in [0.717, 1.165) is 25.1 Å². The summed E-state index contributed by atoms with van der Waals surface area (Å²) in [6, 6.07) is 2.39. The summed E-state index contributed by atoms with van der Waals surface area (Å²) in [5.41, 5.74) is 1.19. The second-order valence-electron chi connectivity index (χ2n) is 3.34. The van der Waals surface area contributed by atoms with E-state index in [2.05, 4.69) is 24.2 Å². The molecule has 0 aliphatic carbocycles. The van der Waals surface area contributed by atoms with E-state index in [1.165, 1.54) is 5.56 Å². The lowest BCUT2D eigenvalue weighted by Crippen LogP contribution is -2.20. The minimum Gasteiger partial charge on any atom is -0.469 e. The second-order valence-corrected chi connectivity index (χ2v) is 3.34. The summed E-state index contributed by atoms with van der Waals surface area (Å²) in [6.45, 7) is 4.99. The topological polar surface area (TPSA) is 25.2 Å². The lowest BCUT2D eigenvalue weighted by atomic mass is 10.1. The van der Waals surface area contributed by atoms with Crippen molar-refractivity contribution < 1.29 is 4.42 Å². The molecule has 1 aromatic rings. The number of rotatable bonds is 5. The van der Waals surface area contributed by atoms with Crippen LogP contribution in [-0.4, -0.2) is 6.54 Å². The van der Waals surface area contributed by atoms with Crippen LogP contribution in [0.5, 0.6) is 0 Å². The van der Waals surface area contributed by atoms with Crippen LogP contribution < -0.4 is 5.32 Å². The van der Waals surface area contributed by atoms with Gasteiger partial charge in [-0.25, -0.2) is 0 Å². The van der Waals surface area contributed by atoms with Crippen LogP contribution in [0, 0.1) is 19.3 Å². The Bertz CT molecular complexity index is 308. The Morgan fingerprint density at radius 2 is 2.43 bits per heavy atom. The normalized spacial score (nSPS) is 12.4. The van der Waals surface area contributed by atoms with Gasteiger partial charge in [0.25, 0.3) is 0 Å². The molecule has 0 amide bonds. The van der Waals surface area contributed by atoms with Crippen molar-refractivity contribution in [2.24, 2.45) is 0 Å².